The first-order chi connectivity index (χ1) is 12.7. The second-order valence-electron chi connectivity index (χ2n) is 5.20. The van der Waals surface area contributed by atoms with E-state index in [0.29, 0.717) is 0 Å². The minimum atomic E-state index is -4.44. The molecule has 0 bridgehead atoms. The summed E-state index contributed by atoms with van der Waals surface area (Å²) in [5.74, 6) is -0.608. The van der Waals surface area contributed by atoms with Crippen LogP contribution < -0.4 is 10.1 Å². The van der Waals surface area contributed by atoms with Gasteiger partial charge in [-0.05, 0) is 0 Å². The molecule has 2 rings (SSSR count). The number of nitro groups is 1. The highest BCUT2D eigenvalue weighted by Crippen LogP contribution is 2.24. The number of carbonyl (C=O) groups is 1. The molecule has 0 radical (unpaired) electrons. The van der Waals surface area contributed by atoms with Crippen molar-refractivity contribution in [3.8, 4) is 5.88 Å². The monoisotopic (exact) mass is 392 g/mol. The Morgan fingerprint density at radius 3 is 2.70 bits per heavy atom. The number of nitrogens with one attached hydrogen (secondary N) is 1. The van der Waals surface area contributed by atoms with E-state index in [1.54, 1.807) is 0 Å². The average Bonchev–Trinajstić information content (AvgIpc) is 3.18. The lowest BCUT2D eigenvalue weighted by atomic mass is 10.4. The number of aryl methyl sites for hydroxylation is 1. The number of methoxy groups -OCH3 is 1. The van der Waals surface area contributed by atoms with E-state index in [9.17, 15) is 28.1 Å². The third kappa shape index (κ3) is 6.25. The molecule has 0 saturated heterocycles. The van der Waals surface area contributed by atoms with Crippen molar-refractivity contribution in [1.29, 1.82) is 0 Å². The number of halogens is 3. The van der Waals surface area contributed by atoms with Crippen LogP contribution in [0.15, 0.2) is 18.6 Å². The van der Waals surface area contributed by atoms with E-state index in [0.717, 1.165) is 10.9 Å². The molecule has 2 heterocycles. The van der Waals surface area contributed by atoms with E-state index < -0.39 is 30.3 Å². The fraction of sp³-hybridized carbons (Fsp3) is 0.462. The maximum absolute atomic E-state index is 12.0. The number of carbonyl (C=O) groups excluding carboxylic acids is 1. The minimum absolute atomic E-state index is 0.0544. The summed E-state index contributed by atoms with van der Waals surface area (Å²) < 4.78 is 47.5. The molecule has 0 saturated carbocycles. The maximum Gasteiger partial charge on any atom is 0.411 e. The van der Waals surface area contributed by atoms with Gasteiger partial charge in [0, 0.05) is 6.42 Å². The zero-order valence-corrected chi connectivity index (χ0v) is 14.0. The molecule has 0 spiro atoms. The highest BCUT2D eigenvalue weighted by atomic mass is 19.4. The highest BCUT2D eigenvalue weighted by Gasteiger charge is 2.27. The van der Waals surface area contributed by atoms with Gasteiger partial charge in [-0.2, -0.15) is 18.3 Å². The maximum atomic E-state index is 12.0. The molecule has 11 nitrogen and oxygen atoms in total. The van der Waals surface area contributed by atoms with Crippen LogP contribution in [0.3, 0.4) is 0 Å². The Morgan fingerprint density at radius 1 is 1.37 bits per heavy atom. The molecule has 14 heteroatoms. The van der Waals surface area contributed by atoms with Crippen molar-refractivity contribution in [2.75, 3.05) is 19.0 Å². The van der Waals surface area contributed by atoms with Gasteiger partial charge < -0.3 is 14.8 Å². The van der Waals surface area contributed by atoms with E-state index in [4.69, 9.17) is 4.74 Å². The van der Waals surface area contributed by atoms with Gasteiger partial charge in [-0.15, -0.1) is 5.10 Å². The van der Waals surface area contributed by atoms with Crippen molar-refractivity contribution in [3.05, 3.63) is 28.7 Å². The third-order valence-electron chi connectivity index (χ3n) is 3.07. The van der Waals surface area contributed by atoms with Crippen molar-refractivity contribution >= 4 is 17.3 Å². The van der Waals surface area contributed by atoms with Gasteiger partial charge in [-0.25, -0.2) is 4.68 Å². The Bertz CT molecular complexity index is 803. The molecule has 2 aromatic rings. The van der Waals surface area contributed by atoms with Crippen LogP contribution >= 0.6 is 0 Å². The predicted molar refractivity (Wildman–Crippen MR) is 82.9 cm³/mol. The smallest absolute Gasteiger partial charge is 0.411 e. The number of hydrogen-bond acceptors (Lipinski definition) is 7. The van der Waals surface area contributed by atoms with Gasteiger partial charge in [-0.3, -0.25) is 19.6 Å². The first-order valence-electron chi connectivity index (χ1n) is 7.40. The zero-order valence-electron chi connectivity index (χ0n) is 14.0. The summed E-state index contributed by atoms with van der Waals surface area (Å²) in [6.07, 6.45) is -0.805. The molecule has 0 aliphatic carbocycles. The van der Waals surface area contributed by atoms with Crippen LogP contribution in [0.5, 0.6) is 5.88 Å². The fourth-order valence-electron chi connectivity index (χ4n) is 1.97. The second-order valence-corrected chi connectivity index (χ2v) is 5.20. The van der Waals surface area contributed by atoms with Crippen LogP contribution in [0.25, 0.3) is 0 Å². The summed E-state index contributed by atoms with van der Waals surface area (Å²) in [4.78, 5) is 22.1. The van der Waals surface area contributed by atoms with Gasteiger partial charge in [-0.1, -0.05) is 0 Å². The molecule has 2 aromatic heterocycles. The summed E-state index contributed by atoms with van der Waals surface area (Å²) in [6.45, 7) is -1.78. The second kappa shape index (κ2) is 8.48. The van der Waals surface area contributed by atoms with Crippen LogP contribution in [0, 0.1) is 10.1 Å². The molecular weight excluding hydrogens is 377 g/mol. The van der Waals surface area contributed by atoms with Crippen LogP contribution in [-0.2, 0) is 22.8 Å². The molecule has 0 fully saturated rings. The van der Waals surface area contributed by atoms with E-state index in [-0.39, 0.29) is 30.2 Å². The van der Waals surface area contributed by atoms with Gasteiger partial charge in [0.05, 0.1) is 36.7 Å². The minimum Gasteiger partial charge on any atom is -0.475 e. The van der Waals surface area contributed by atoms with Crippen LogP contribution in [0.4, 0.5) is 24.5 Å². The number of aromatic nitrogens is 4. The lowest BCUT2D eigenvalue weighted by Crippen LogP contribution is -2.18. The molecule has 27 heavy (non-hydrogen) atoms. The Balaban J connectivity index is 1.82. The molecule has 1 N–H and O–H groups in total. The van der Waals surface area contributed by atoms with E-state index in [1.807, 2.05) is 0 Å². The Hall–Kier alpha value is -3.16. The number of hydrogen-bond donors (Lipinski definition) is 1. The topological polar surface area (TPSA) is 126 Å². The Morgan fingerprint density at radius 2 is 2.11 bits per heavy atom. The van der Waals surface area contributed by atoms with Crippen molar-refractivity contribution in [3.63, 3.8) is 0 Å². The predicted octanol–water partition coefficient (Wildman–Crippen LogP) is 1.56. The van der Waals surface area contributed by atoms with Crippen molar-refractivity contribution in [2.24, 2.45) is 0 Å². The molecule has 0 unspecified atom stereocenters. The lowest BCUT2D eigenvalue weighted by Gasteiger charge is -2.07. The quantitative estimate of drug-likeness (QED) is 0.507. The number of ether oxygens (including phenoxy) is 2. The summed E-state index contributed by atoms with van der Waals surface area (Å²) >= 11 is 0. The molecule has 148 valence electrons. The largest absolute Gasteiger partial charge is 0.475 e. The molecule has 0 aliphatic heterocycles. The number of anilines is 1. The average molecular weight is 392 g/mol. The molecule has 0 aliphatic rings. The van der Waals surface area contributed by atoms with Crippen LogP contribution in [0.1, 0.15) is 6.42 Å². The highest BCUT2D eigenvalue weighted by molar-refractivity contribution is 5.90. The molecule has 0 atom stereocenters. The van der Waals surface area contributed by atoms with Gasteiger partial charge in [0.2, 0.25) is 5.91 Å². The fourth-order valence-corrected chi connectivity index (χ4v) is 1.97. The van der Waals surface area contributed by atoms with Crippen LogP contribution in [0.2, 0.25) is 0 Å². The molecule has 0 aromatic carbocycles. The number of rotatable bonds is 9. The summed E-state index contributed by atoms with van der Waals surface area (Å²) in [5, 5.41) is 20.9. The summed E-state index contributed by atoms with van der Waals surface area (Å²) in [6, 6.07) is 0. The molecular formula is C13H15F3N6O5. The summed E-state index contributed by atoms with van der Waals surface area (Å²) in [5.41, 5.74) is -0.0577. The number of alkyl halides is 3. The first-order valence-corrected chi connectivity index (χ1v) is 7.40. The van der Waals surface area contributed by atoms with Gasteiger partial charge >= 0.3 is 17.7 Å². The Kier molecular flexibility index (Phi) is 6.33. The SMILES string of the molecule is COc1nn(CCC(=O)Nc2cnn(COCC(F)(F)F)c2)cc1[N+](=O)[O-]. The zero-order chi connectivity index (χ0) is 20.0. The lowest BCUT2D eigenvalue weighted by molar-refractivity contribution is -0.385. The van der Waals surface area contributed by atoms with Crippen LogP contribution in [-0.4, -0.2) is 50.3 Å². The van der Waals surface area contributed by atoms with E-state index in [1.165, 1.54) is 24.2 Å². The number of amides is 1. The van der Waals surface area contributed by atoms with Crippen molar-refractivity contribution in [2.45, 2.75) is 25.9 Å². The van der Waals surface area contributed by atoms with Crippen molar-refractivity contribution < 1.29 is 32.4 Å². The standard InChI is InChI=1S/C13H15F3N6O5/c1-26-12-10(22(24)25)6-20(19-12)3-2-11(23)18-9-4-17-21(5-9)8-27-7-13(14,15)16/h4-6H,2-3,7-8H2,1H3,(H,18,23). The summed E-state index contributed by atoms with van der Waals surface area (Å²) in [7, 11) is 1.24. The third-order valence-corrected chi connectivity index (χ3v) is 3.07. The molecule has 1 amide bonds. The van der Waals surface area contributed by atoms with E-state index >= 15 is 0 Å². The normalized spacial score (nSPS) is 11.4. The number of nitrogens with zero attached hydrogens (tertiary/aromatic N) is 5. The van der Waals surface area contributed by atoms with E-state index in [2.05, 4.69) is 20.3 Å². The van der Waals surface area contributed by atoms with Gasteiger partial charge in [0.15, 0.2) is 0 Å². The first kappa shape index (κ1) is 20.2. The van der Waals surface area contributed by atoms with Crippen molar-refractivity contribution in [1.82, 2.24) is 19.6 Å². The Labute approximate surface area is 149 Å². The van der Waals surface area contributed by atoms with Gasteiger partial charge in [0.1, 0.15) is 19.5 Å². The van der Waals surface area contributed by atoms with Gasteiger partial charge in [0.25, 0.3) is 0 Å².